The molecule has 1 heterocycles. The Labute approximate surface area is 116 Å². The van der Waals surface area contributed by atoms with Crippen LogP contribution in [0.25, 0.3) is 10.2 Å². The van der Waals surface area contributed by atoms with Crippen LogP contribution < -0.4 is 5.73 Å². The highest BCUT2D eigenvalue weighted by Gasteiger charge is 2.30. The molecular formula is C14H19FN2OS. The van der Waals surface area contributed by atoms with E-state index >= 15 is 0 Å². The van der Waals surface area contributed by atoms with Crippen molar-refractivity contribution in [2.45, 2.75) is 24.9 Å². The first-order valence-corrected chi connectivity index (χ1v) is 7.21. The number of nitrogens with zero attached hydrogens (tertiary/aromatic N) is 1. The van der Waals surface area contributed by atoms with Gasteiger partial charge in [0.05, 0.1) is 21.8 Å². The first kappa shape index (κ1) is 14.4. The summed E-state index contributed by atoms with van der Waals surface area (Å²) in [7, 11) is 1.52. The van der Waals surface area contributed by atoms with Crippen LogP contribution in [0.3, 0.4) is 0 Å². The standard InChI is InChI=1S/C14H19FN2OS/c1-18-10-14(15,7-4-8-16)9-13-17-11-5-2-3-6-12(11)19-13/h2-3,5-6H,4,7-10,16H2,1H3. The molecule has 0 saturated heterocycles. The second kappa shape index (κ2) is 6.41. The molecule has 0 radical (unpaired) electrons. The van der Waals surface area contributed by atoms with E-state index in [0.717, 1.165) is 15.2 Å². The molecule has 0 saturated carbocycles. The Morgan fingerprint density at radius 2 is 2.21 bits per heavy atom. The second-order valence-corrected chi connectivity index (χ2v) is 5.84. The first-order chi connectivity index (χ1) is 9.17. The predicted molar refractivity (Wildman–Crippen MR) is 77.3 cm³/mol. The molecule has 19 heavy (non-hydrogen) atoms. The van der Waals surface area contributed by atoms with Crippen LogP contribution in [-0.2, 0) is 11.2 Å². The van der Waals surface area contributed by atoms with Gasteiger partial charge in [-0.05, 0) is 31.5 Å². The molecule has 0 aliphatic rings. The highest BCUT2D eigenvalue weighted by atomic mass is 32.1. The molecule has 2 rings (SSSR count). The van der Waals surface area contributed by atoms with Crippen molar-refractivity contribution in [1.29, 1.82) is 0 Å². The van der Waals surface area contributed by atoms with Crippen LogP contribution in [0.4, 0.5) is 4.39 Å². The van der Waals surface area contributed by atoms with Gasteiger partial charge in [-0.1, -0.05) is 12.1 Å². The Hall–Kier alpha value is -1.04. The zero-order valence-electron chi connectivity index (χ0n) is 11.1. The number of fused-ring (bicyclic) bond motifs is 1. The fourth-order valence-electron chi connectivity index (χ4n) is 2.16. The summed E-state index contributed by atoms with van der Waals surface area (Å²) in [4.78, 5) is 4.48. The normalized spacial score (nSPS) is 14.7. The molecule has 2 N–H and O–H groups in total. The van der Waals surface area contributed by atoms with Gasteiger partial charge < -0.3 is 10.5 Å². The monoisotopic (exact) mass is 282 g/mol. The van der Waals surface area contributed by atoms with Gasteiger partial charge in [-0.3, -0.25) is 0 Å². The molecule has 1 unspecified atom stereocenters. The van der Waals surface area contributed by atoms with Crippen LogP contribution in [-0.4, -0.2) is 30.9 Å². The maximum atomic E-state index is 14.8. The molecule has 0 aliphatic carbocycles. The summed E-state index contributed by atoms with van der Waals surface area (Å²) in [6, 6.07) is 7.87. The lowest BCUT2D eigenvalue weighted by molar-refractivity contribution is 0.0334. The fourth-order valence-corrected chi connectivity index (χ4v) is 3.25. The molecule has 1 atom stereocenters. The van der Waals surface area contributed by atoms with Crippen molar-refractivity contribution >= 4 is 21.6 Å². The minimum absolute atomic E-state index is 0.0862. The summed E-state index contributed by atoms with van der Waals surface area (Å²) in [5.41, 5.74) is 5.02. The maximum absolute atomic E-state index is 14.8. The number of alkyl halides is 1. The molecule has 0 spiro atoms. The summed E-state index contributed by atoms with van der Waals surface area (Å²) >= 11 is 1.55. The maximum Gasteiger partial charge on any atom is 0.140 e. The molecule has 0 amide bonds. The van der Waals surface area contributed by atoms with E-state index in [2.05, 4.69) is 4.98 Å². The number of hydrogen-bond donors (Lipinski definition) is 1. The number of nitrogens with two attached hydrogens (primary N) is 1. The average molecular weight is 282 g/mol. The number of halogens is 1. The Morgan fingerprint density at radius 1 is 1.42 bits per heavy atom. The quantitative estimate of drug-likeness (QED) is 0.849. The average Bonchev–Trinajstić information content (AvgIpc) is 2.78. The Morgan fingerprint density at radius 3 is 2.89 bits per heavy atom. The van der Waals surface area contributed by atoms with Gasteiger partial charge >= 0.3 is 0 Å². The molecule has 0 bridgehead atoms. The molecule has 104 valence electrons. The minimum atomic E-state index is -1.37. The van der Waals surface area contributed by atoms with Crippen LogP contribution in [0.1, 0.15) is 17.8 Å². The smallest absolute Gasteiger partial charge is 0.140 e. The third-order valence-corrected chi connectivity index (χ3v) is 4.07. The van der Waals surface area contributed by atoms with E-state index < -0.39 is 5.67 Å². The van der Waals surface area contributed by atoms with E-state index in [9.17, 15) is 4.39 Å². The Kier molecular flexibility index (Phi) is 4.85. The van der Waals surface area contributed by atoms with Crippen molar-refractivity contribution in [2.75, 3.05) is 20.3 Å². The van der Waals surface area contributed by atoms with Crippen LogP contribution in [0.15, 0.2) is 24.3 Å². The highest BCUT2D eigenvalue weighted by Crippen LogP contribution is 2.29. The molecular weight excluding hydrogens is 263 g/mol. The van der Waals surface area contributed by atoms with E-state index in [1.165, 1.54) is 7.11 Å². The van der Waals surface area contributed by atoms with Crippen LogP contribution in [0.5, 0.6) is 0 Å². The third kappa shape index (κ3) is 3.72. The lowest BCUT2D eigenvalue weighted by atomic mass is 9.97. The molecule has 0 fully saturated rings. The summed E-state index contributed by atoms with van der Waals surface area (Å²) in [5.74, 6) is 0. The van der Waals surface area contributed by atoms with Gasteiger partial charge in [-0.15, -0.1) is 11.3 Å². The van der Waals surface area contributed by atoms with E-state index in [0.29, 0.717) is 25.8 Å². The summed E-state index contributed by atoms with van der Waals surface area (Å²) in [5, 5.41) is 0.817. The van der Waals surface area contributed by atoms with Crippen molar-refractivity contribution in [3.63, 3.8) is 0 Å². The second-order valence-electron chi connectivity index (χ2n) is 4.73. The van der Waals surface area contributed by atoms with Crippen LogP contribution >= 0.6 is 11.3 Å². The van der Waals surface area contributed by atoms with Gasteiger partial charge in [-0.25, -0.2) is 9.37 Å². The van der Waals surface area contributed by atoms with Crippen molar-refractivity contribution in [1.82, 2.24) is 4.98 Å². The summed E-state index contributed by atoms with van der Waals surface area (Å²) < 4.78 is 20.9. The van der Waals surface area contributed by atoms with Gasteiger partial charge in [0, 0.05) is 13.5 Å². The SMILES string of the molecule is COCC(F)(CCCN)Cc1nc2ccccc2s1. The molecule has 1 aromatic carbocycles. The van der Waals surface area contributed by atoms with Crippen molar-refractivity contribution in [3.05, 3.63) is 29.3 Å². The lowest BCUT2D eigenvalue weighted by Crippen LogP contribution is -2.32. The first-order valence-electron chi connectivity index (χ1n) is 6.39. The fraction of sp³-hybridized carbons (Fsp3) is 0.500. The van der Waals surface area contributed by atoms with E-state index in [1.807, 2.05) is 24.3 Å². The van der Waals surface area contributed by atoms with Crippen molar-refractivity contribution in [2.24, 2.45) is 5.73 Å². The number of thiazole rings is 1. The van der Waals surface area contributed by atoms with Gasteiger partial charge in [0.25, 0.3) is 0 Å². The molecule has 1 aromatic heterocycles. The zero-order chi connectivity index (χ0) is 13.7. The molecule has 2 aromatic rings. The molecule has 5 heteroatoms. The topological polar surface area (TPSA) is 48.1 Å². The number of ether oxygens (including phenoxy) is 1. The predicted octanol–water partition coefficient (Wildman–Crippen LogP) is 2.93. The number of rotatable bonds is 7. The highest BCUT2D eigenvalue weighted by molar-refractivity contribution is 7.18. The van der Waals surface area contributed by atoms with E-state index in [-0.39, 0.29) is 6.61 Å². The largest absolute Gasteiger partial charge is 0.381 e. The molecule has 0 aliphatic heterocycles. The zero-order valence-corrected chi connectivity index (χ0v) is 11.9. The van der Waals surface area contributed by atoms with E-state index in [1.54, 1.807) is 11.3 Å². The number of aromatic nitrogens is 1. The van der Waals surface area contributed by atoms with E-state index in [4.69, 9.17) is 10.5 Å². The van der Waals surface area contributed by atoms with Gasteiger partial charge in [-0.2, -0.15) is 0 Å². The van der Waals surface area contributed by atoms with Crippen LogP contribution in [0, 0.1) is 0 Å². The number of para-hydroxylation sites is 1. The number of hydrogen-bond acceptors (Lipinski definition) is 4. The van der Waals surface area contributed by atoms with Gasteiger partial charge in [0.2, 0.25) is 0 Å². The van der Waals surface area contributed by atoms with Crippen molar-refractivity contribution < 1.29 is 9.13 Å². The summed E-state index contributed by atoms with van der Waals surface area (Å²) in [6.07, 6.45) is 1.36. The number of benzene rings is 1. The Balaban J connectivity index is 2.15. The Bertz CT molecular complexity index is 498. The third-order valence-electron chi connectivity index (χ3n) is 3.04. The summed E-state index contributed by atoms with van der Waals surface area (Å²) in [6.45, 7) is 0.582. The van der Waals surface area contributed by atoms with Crippen molar-refractivity contribution in [3.8, 4) is 0 Å². The molecule has 3 nitrogen and oxygen atoms in total. The van der Waals surface area contributed by atoms with Crippen LogP contribution in [0.2, 0.25) is 0 Å². The minimum Gasteiger partial charge on any atom is -0.381 e. The number of methoxy groups -OCH3 is 1. The lowest BCUT2D eigenvalue weighted by Gasteiger charge is -2.23. The van der Waals surface area contributed by atoms with Gasteiger partial charge in [0.1, 0.15) is 5.67 Å². The van der Waals surface area contributed by atoms with Gasteiger partial charge in [0.15, 0.2) is 0 Å².